The number of carboxylic acid groups (broad SMARTS) is 1. The van der Waals surface area contributed by atoms with E-state index in [-0.39, 0.29) is 12.3 Å². The summed E-state index contributed by atoms with van der Waals surface area (Å²) in [5, 5.41) is 11.3. The van der Waals surface area contributed by atoms with E-state index in [4.69, 9.17) is 5.11 Å². The molecule has 12 heavy (non-hydrogen) atoms. The van der Waals surface area contributed by atoms with E-state index in [2.05, 4.69) is 5.32 Å². The Bertz CT molecular complexity index is 163. The number of piperidine rings is 1. The van der Waals surface area contributed by atoms with Gasteiger partial charge in [0.2, 0.25) is 0 Å². The van der Waals surface area contributed by atoms with E-state index < -0.39 is 12.1 Å². The molecule has 2 N–H and O–H groups in total. The molecule has 1 saturated heterocycles. The highest BCUT2D eigenvalue weighted by atomic mass is 19.1. The second-order valence-electron chi connectivity index (χ2n) is 3.20. The molecule has 1 aliphatic heterocycles. The van der Waals surface area contributed by atoms with Gasteiger partial charge < -0.3 is 10.4 Å². The maximum Gasteiger partial charge on any atom is 0.303 e. The number of hydrogen-bond acceptors (Lipinski definition) is 2. The number of alkyl halides is 1. The molecule has 1 rings (SSSR count). The molecule has 4 heteroatoms. The molecule has 0 saturated carbocycles. The minimum Gasteiger partial charge on any atom is -0.481 e. The van der Waals surface area contributed by atoms with Crippen molar-refractivity contribution >= 4 is 5.97 Å². The van der Waals surface area contributed by atoms with Gasteiger partial charge in [-0.15, -0.1) is 0 Å². The van der Waals surface area contributed by atoms with E-state index in [1.165, 1.54) is 0 Å². The maximum atomic E-state index is 13.0. The first kappa shape index (κ1) is 9.45. The topological polar surface area (TPSA) is 49.3 Å². The predicted octanol–water partition coefficient (Wildman–Crippen LogP) is 0.799. The summed E-state index contributed by atoms with van der Waals surface area (Å²) in [5.41, 5.74) is 0. The van der Waals surface area contributed by atoms with Crippen molar-refractivity contribution in [2.75, 3.05) is 13.1 Å². The fraction of sp³-hybridized carbons (Fsp3) is 0.875. The number of nitrogens with one attached hydrogen (secondary N) is 1. The van der Waals surface area contributed by atoms with Crippen molar-refractivity contribution in [2.24, 2.45) is 5.92 Å². The smallest absolute Gasteiger partial charge is 0.303 e. The molecule has 0 amide bonds. The summed E-state index contributed by atoms with van der Waals surface area (Å²) in [5.74, 6) is -0.886. The molecule has 1 aliphatic rings. The summed E-state index contributed by atoms with van der Waals surface area (Å²) in [4.78, 5) is 10.2. The summed E-state index contributed by atoms with van der Waals surface area (Å²) in [6.07, 6.45) is 0.454. The van der Waals surface area contributed by atoms with Crippen LogP contribution in [0, 0.1) is 5.92 Å². The molecule has 3 nitrogen and oxygen atoms in total. The monoisotopic (exact) mass is 175 g/mol. The summed E-state index contributed by atoms with van der Waals surface area (Å²) >= 11 is 0. The van der Waals surface area contributed by atoms with Gasteiger partial charge in [-0.2, -0.15) is 0 Å². The summed E-state index contributed by atoms with van der Waals surface area (Å²) in [7, 11) is 0. The average molecular weight is 175 g/mol. The van der Waals surface area contributed by atoms with Gasteiger partial charge in [0, 0.05) is 13.0 Å². The molecule has 0 aromatic carbocycles. The molecule has 0 bridgehead atoms. The third kappa shape index (κ3) is 2.77. The Balaban J connectivity index is 2.24. The van der Waals surface area contributed by atoms with E-state index in [1.807, 2.05) is 0 Å². The normalized spacial score (nSPS) is 30.1. The van der Waals surface area contributed by atoms with Crippen LogP contribution < -0.4 is 5.32 Å². The molecule has 0 aromatic heterocycles. The largest absolute Gasteiger partial charge is 0.481 e. The summed E-state index contributed by atoms with van der Waals surface area (Å²) in [6, 6.07) is 0. The van der Waals surface area contributed by atoms with Crippen molar-refractivity contribution in [1.29, 1.82) is 0 Å². The molecular formula is C8H14FNO2. The highest BCUT2D eigenvalue weighted by Gasteiger charge is 2.24. The van der Waals surface area contributed by atoms with E-state index in [9.17, 15) is 9.18 Å². The average Bonchev–Trinajstić information content (AvgIpc) is 2.03. The first-order chi connectivity index (χ1) is 5.70. The molecule has 0 radical (unpaired) electrons. The van der Waals surface area contributed by atoms with Gasteiger partial charge in [-0.3, -0.25) is 4.79 Å². The van der Waals surface area contributed by atoms with Crippen LogP contribution in [-0.2, 0) is 4.79 Å². The number of aliphatic carboxylic acids is 1. The zero-order valence-electron chi connectivity index (χ0n) is 6.92. The van der Waals surface area contributed by atoms with Crippen LogP contribution in [-0.4, -0.2) is 30.3 Å². The van der Waals surface area contributed by atoms with Crippen LogP contribution in [0.1, 0.15) is 19.3 Å². The van der Waals surface area contributed by atoms with E-state index >= 15 is 0 Å². The van der Waals surface area contributed by atoms with Gasteiger partial charge in [-0.25, -0.2) is 4.39 Å². The Labute approximate surface area is 71.0 Å². The third-order valence-electron chi connectivity index (χ3n) is 2.27. The van der Waals surface area contributed by atoms with Crippen LogP contribution in [0.2, 0.25) is 0 Å². The van der Waals surface area contributed by atoms with Crippen LogP contribution in [0.25, 0.3) is 0 Å². The predicted molar refractivity (Wildman–Crippen MR) is 42.7 cm³/mol. The lowest BCUT2D eigenvalue weighted by molar-refractivity contribution is -0.137. The highest BCUT2D eigenvalue weighted by Crippen LogP contribution is 2.20. The Morgan fingerprint density at radius 3 is 3.00 bits per heavy atom. The van der Waals surface area contributed by atoms with Crippen molar-refractivity contribution in [3.8, 4) is 0 Å². The standard InChI is InChI=1S/C8H14FNO2/c9-7-5-10-4-3-6(7)1-2-8(11)12/h6-7,10H,1-5H2,(H,11,12)/t6-,7+/m0/s1. The Hall–Kier alpha value is -0.640. The van der Waals surface area contributed by atoms with Crippen molar-refractivity contribution in [3.05, 3.63) is 0 Å². The highest BCUT2D eigenvalue weighted by molar-refractivity contribution is 5.66. The molecule has 0 spiro atoms. The fourth-order valence-corrected chi connectivity index (χ4v) is 1.51. The minimum absolute atomic E-state index is 0.0534. The van der Waals surface area contributed by atoms with Crippen LogP contribution >= 0.6 is 0 Å². The number of hydrogen-bond donors (Lipinski definition) is 2. The minimum atomic E-state index is -0.863. The molecule has 70 valence electrons. The van der Waals surface area contributed by atoms with Gasteiger partial charge in [-0.05, 0) is 25.3 Å². The lowest BCUT2D eigenvalue weighted by atomic mass is 9.91. The Morgan fingerprint density at radius 1 is 1.67 bits per heavy atom. The first-order valence-corrected chi connectivity index (χ1v) is 4.26. The molecular weight excluding hydrogens is 161 g/mol. The molecule has 1 heterocycles. The quantitative estimate of drug-likeness (QED) is 0.667. The van der Waals surface area contributed by atoms with Crippen LogP contribution in [0.5, 0.6) is 0 Å². The fourth-order valence-electron chi connectivity index (χ4n) is 1.51. The van der Waals surface area contributed by atoms with Crippen molar-refractivity contribution in [2.45, 2.75) is 25.4 Å². The number of halogens is 1. The van der Waals surface area contributed by atoms with Gasteiger partial charge in [0.25, 0.3) is 0 Å². The zero-order valence-corrected chi connectivity index (χ0v) is 6.92. The maximum absolute atomic E-state index is 13.0. The van der Waals surface area contributed by atoms with Gasteiger partial charge in [0.15, 0.2) is 0 Å². The van der Waals surface area contributed by atoms with E-state index in [0.717, 1.165) is 13.0 Å². The first-order valence-electron chi connectivity index (χ1n) is 4.26. The van der Waals surface area contributed by atoms with Gasteiger partial charge in [0.05, 0.1) is 0 Å². The third-order valence-corrected chi connectivity index (χ3v) is 2.27. The summed E-state index contributed by atoms with van der Waals surface area (Å²) in [6.45, 7) is 1.19. The van der Waals surface area contributed by atoms with Gasteiger partial charge in [-0.1, -0.05) is 0 Å². The molecule has 0 aromatic rings. The second-order valence-corrected chi connectivity index (χ2v) is 3.20. The Kier molecular flexibility index (Phi) is 3.47. The number of carboxylic acids is 1. The SMILES string of the molecule is O=C(O)CC[C@H]1CCNC[C@H]1F. The second kappa shape index (κ2) is 4.40. The van der Waals surface area contributed by atoms with Crippen molar-refractivity contribution in [3.63, 3.8) is 0 Å². The zero-order chi connectivity index (χ0) is 8.97. The molecule has 2 atom stereocenters. The van der Waals surface area contributed by atoms with Crippen molar-refractivity contribution < 1.29 is 14.3 Å². The van der Waals surface area contributed by atoms with E-state index in [1.54, 1.807) is 0 Å². The number of rotatable bonds is 3. The van der Waals surface area contributed by atoms with E-state index in [0.29, 0.717) is 13.0 Å². The molecule has 0 aliphatic carbocycles. The lowest BCUT2D eigenvalue weighted by Gasteiger charge is -2.25. The van der Waals surface area contributed by atoms with Crippen LogP contribution in [0.15, 0.2) is 0 Å². The van der Waals surface area contributed by atoms with Gasteiger partial charge in [0.1, 0.15) is 6.17 Å². The number of carbonyl (C=O) groups is 1. The lowest BCUT2D eigenvalue weighted by Crippen LogP contribution is -2.38. The van der Waals surface area contributed by atoms with Crippen LogP contribution in [0.3, 0.4) is 0 Å². The Morgan fingerprint density at radius 2 is 2.42 bits per heavy atom. The molecule has 0 unspecified atom stereocenters. The van der Waals surface area contributed by atoms with Crippen molar-refractivity contribution in [1.82, 2.24) is 5.32 Å². The van der Waals surface area contributed by atoms with Crippen LogP contribution in [0.4, 0.5) is 4.39 Å². The summed E-state index contributed by atoms with van der Waals surface area (Å²) < 4.78 is 13.0. The van der Waals surface area contributed by atoms with Gasteiger partial charge >= 0.3 is 5.97 Å². The molecule has 1 fully saturated rings.